The van der Waals surface area contributed by atoms with Crippen molar-refractivity contribution in [1.29, 1.82) is 0 Å². The van der Waals surface area contributed by atoms with Gasteiger partial charge in [0.1, 0.15) is 6.20 Å². The lowest BCUT2D eigenvalue weighted by molar-refractivity contribution is 0.541. The third-order valence-corrected chi connectivity index (χ3v) is 2.23. The van der Waals surface area contributed by atoms with Crippen molar-refractivity contribution < 1.29 is 0 Å². The summed E-state index contributed by atoms with van der Waals surface area (Å²) in [6.45, 7) is 3.28. The molecule has 0 spiro atoms. The Balaban J connectivity index is 2.07. The zero-order valence-corrected chi connectivity index (χ0v) is 6.88. The monoisotopic (exact) mass is 149 g/mol. The number of aromatic nitrogens is 2. The standard InChI is InChI=1S/C9H13N2/c1-2-9-5-6-10-11(9)7-8-3-4-8/h5,8H,2-4,7H2,1H3. The van der Waals surface area contributed by atoms with Crippen LogP contribution in [-0.2, 0) is 13.0 Å². The largest absolute Gasteiger partial charge is 0.269 e. The van der Waals surface area contributed by atoms with Crippen LogP contribution >= 0.6 is 0 Å². The summed E-state index contributed by atoms with van der Waals surface area (Å²) in [6.07, 6.45) is 6.75. The van der Waals surface area contributed by atoms with E-state index in [-0.39, 0.29) is 0 Å². The molecule has 0 aromatic carbocycles. The summed E-state index contributed by atoms with van der Waals surface area (Å²) in [4.78, 5) is 0. The van der Waals surface area contributed by atoms with E-state index in [1.54, 1.807) is 0 Å². The summed E-state index contributed by atoms with van der Waals surface area (Å²) in [6, 6.07) is 1.99. The lowest BCUT2D eigenvalue weighted by Crippen LogP contribution is -2.05. The van der Waals surface area contributed by atoms with Crippen molar-refractivity contribution in [3.8, 4) is 0 Å². The molecule has 1 aromatic rings. The first-order valence-electron chi connectivity index (χ1n) is 4.33. The first-order valence-corrected chi connectivity index (χ1v) is 4.33. The zero-order chi connectivity index (χ0) is 7.68. The first-order chi connectivity index (χ1) is 5.40. The van der Waals surface area contributed by atoms with Gasteiger partial charge in [-0.2, -0.15) is 5.10 Å². The Labute approximate surface area is 67.2 Å². The molecule has 1 aliphatic carbocycles. The van der Waals surface area contributed by atoms with Gasteiger partial charge in [0.15, 0.2) is 0 Å². The van der Waals surface area contributed by atoms with Crippen LogP contribution < -0.4 is 0 Å². The number of rotatable bonds is 3. The summed E-state index contributed by atoms with van der Waals surface area (Å²) >= 11 is 0. The molecule has 2 nitrogen and oxygen atoms in total. The molecule has 1 fully saturated rings. The molecule has 1 aromatic heterocycles. The Kier molecular flexibility index (Phi) is 1.68. The average Bonchev–Trinajstić information content (AvgIpc) is 2.68. The van der Waals surface area contributed by atoms with Gasteiger partial charge in [-0.3, -0.25) is 4.68 Å². The van der Waals surface area contributed by atoms with E-state index in [1.165, 1.54) is 18.5 Å². The molecule has 1 heterocycles. The number of aryl methyl sites for hydroxylation is 1. The molecule has 0 saturated heterocycles. The second kappa shape index (κ2) is 2.68. The highest BCUT2D eigenvalue weighted by molar-refractivity contribution is 4.99. The molecule has 11 heavy (non-hydrogen) atoms. The Morgan fingerprint density at radius 1 is 1.73 bits per heavy atom. The van der Waals surface area contributed by atoms with Crippen molar-refractivity contribution in [3.05, 3.63) is 18.0 Å². The predicted molar refractivity (Wildman–Crippen MR) is 43.2 cm³/mol. The molecule has 0 amide bonds. The van der Waals surface area contributed by atoms with E-state index in [9.17, 15) is 0 Å². The van der Waals surface area contributed by atoms with Crippen molar-refractivity contribution in [2.45, 2.75) is 32.7 Å². The SMILES string of the molecule is CCc1c[c]nn1CC1CC1. The van der Waals surface area contributed by atoms with Gasteiger partial charge < -0.3 is 0 Å². The second-order valence-corrected chi connectivity index (χ2v) is 3.24. The van der Waals surface area contributed by atoms with Gasteiger partial charge in [0.05, 0.1) is 0 Å². The van der Waals surface area contributed by atoms with Gasteiger partial charge >= 0.3 is 0 Å². The Morgan fingerprint density at radius 2 is 2.55 bits per heavy atom. The highest BCUT2D eigenvalue weighted by Crippen LogP contribution is 2.30. The summed E-state index contributed by atoms with van der Waals surface area (Å²) in [5.41, 5.74) is 1.32. The van der Waals surface area contributed by atoms with Gasteiger partial charge in [0.25, 0.3) is 0 Å². The quantitative estimate of drug-likeness (QED) is 0.639. The van der Waals surface area contributed by atoms with E-state index in [0.29, 0.717) is 0 Å². The normalized spacial score (nSPS) is 17.2. The first kappa shape index (κ1) is 6.89. The van der Waals surface area contributed by atoms with Crippen molar-refractivity contribution in [1.82, 2.24) is 9.78 Å². The highest BCUT2D eigenvalue weighted by Gasteiger charge is 2.22. The highest BCUT2D eigenvalue weighted by atomic mass is 15.3. The molecule has 0 atom stereocenters. The van der Waals surface area contributed by atoms with Gasteiger partial charge in [-0.25, -0.2) is 0 Å². The van der Waals surface area contributed by atoms with Crippen LogP contribution in [0.25, 0.3) is 0 Å². The second-order valence-electron chi connectivity index (χ2n) is 3.24. The molecular formula is C9H13N2. The van der Waals surface area contributed by atoms with E-state index in [0.717, 1.165) is 18.9 Å². The minimum absolute atomic E-state index is 0.911. The molecule has 0 N–H and O–H groups in total. The van der Waals surface area contributed by atoms with E-state index >= 15 is 0 Å². The van der Waals surface area contributed by atoms with E-state index in [4.69, 9.17) is 0 Å². The van der Waals surface area contributed by atoms with Gasteiger partial charge in [-0.15, -0.1) is 0 Å². The van der Waals surface area contributed by atoms with Crippen LogP contribution in [0.1, 0.15) is 25.5 Å². The fourth-order valence-corrected chi connectivity index (χ4v) is 1.30. The maximum absolute atomic E-state index is 4.16. The molecule has 1 aliphatic rings. The Morgan fingerprint density at radius 3 is 3.18 bits per heavy atom. The molecule has 2 heteroatoms. The summed E-state index contributed by atoms with van der Waals surface area (Å²) < 4.78 is 2.09. The fourth-order valence-electron chi connectivity index (χ4n) is 1.30. The van der Waals surface area contributed by atoms with Crippen LogP contribution in [0.2, 0.25) is 0 Å². The minimum atomic E-state index is 0.911. The molecule has 59 valence electrons. The average molecular weight is 149 g/mol. The maximum Gasteiger partial charge on any atom is 0.113 e. The van der Waals surface area contributed by atoms with Crippen LogP contribution in [0.3, 0.4) is 0 Å². The van der Waals surface area contributed by atoms with E-state index < -0.39 is 0 Å². The van der Waals surface area contributed by atoms with Crippen molar-refractivity contribution in [3.63, 3.8) is 0 Å². The van der Waals surface area contributed by atoms with Crippen LogP contribution in [0.4, 0.5) is 0 Å². The zero-order valence-electron chi connectivity index (χ0n) is 6.88. The number of nitrogens with zero attached hydrogens (tertiary/aromatic N) is 2. The van der Waals surface area contributed by atoms with E-state index in [1.807, 2.05) is 6.07 Å². The van der Waals surface area contributed by atoms with Gasteiger partial charge in [0.2, 0.25) is 0 Å². The van der Waals surface area contributed by atoms with Crippen molar-refractivity contribution >= 4 is 0 Å². The summed E-state index contributed by atoms with van der Waals surface area (Å²) in [7, 11) is 0. The minimum Gasteiger partial charge on any atom is -0.269 e. The topological polar surface area (TPSA) is 17.8 Å². The number of hydrogen-bond acceptors (Lipinski definition) is 1. The summed E-state index contributed by atoms with van der Waals surface area (Å²) in [5.74, 6) is 0.911. The molecular weight excluding hydrogens is 136 g/mol. The maximum atomic E-state index is 4.16. The Hall–Kier alpha value is -0.790. The smallest absolute Gasteiger partial charge is 0.113 e. The molecule has 2 rings (SSSR count). The molecule has 0 aliphatic heterocycles. The van der Waals surface area contributed by atoms with Crippen LogP contribution in [0, 0.1) is 12.1 Å². The molecule has 0 bridgehead atoms. The summed E-state index contributed by atoms with van der Waals surface area (Å²) in [5, 5.41) is 4.16. The Bertz CT molecular complexity index is 235. The number of hydrogen-bond donors (Lipinski definition) is 0. The third-order valence-electron chi connectivity index (χ3n) is 2.23. The fraction of sp³-hybridized carbons (Fsp3) is 0.667. The van der Waals surface area contributed by atoms with Crippen LogP contribution in [0.15, 0.2) is 6.07 Å². The van der Waals surface area contributed by atoms with Crippen molar-refractivity contribution in [2.24, 2.45) is 5.92 Å². The molecule has 0 unspecified atom stereocenters. The predicted octanol–water partition coefficient (Wildman–Crippen LogP) is 1.66. The van der Waals surface area contributed by atoms with Gasteiger partial charge in [-0.05, 0) is 31.2 Å². The van der Waals surface area contributed by atoms with Gasteiger partial charge in [-0.1, -0.05) is 6.92 Å². The third kappa shape index (κ3) is 1.44. The molecule has 1 radical (unpaired) electrons. The van der Waals surface area contributed by atoms with Crippen LogP contribution in [0.5, 0.6) is 0 Å². The lowest BCUT2D eigenvalue weighted by atomic mass is 10.3. The van der Waals surface area contributed by atoms with Crippen LogP contribution in [-0.4, -0.2) is 9.78 Å². The van der Waals surface area contributed by atoms with Gasteiger partial charge in [0, 0.05) is 12.2 Å². The lowest BCUT2D eigenvalue weighted by Gasteiger charge is -2.02. The molecule has 1 saturated carbocycles. The van der Waals surface area contributed by atoms with E-state index in [2.05, 4.69) is 22.9 Å². The van der Waals surface area contributed by atoms with Crippen molar-refractivity contribution in [2.75, 3.05) is 0 Å².